The van der Waals surface area contributed by atoms with E-state index in [2.05, 4.69) is 0 Å². The Morgan fingerprint density at radius 2 is 1.28 bits per heavy atom. The lowest BCUT2D eigenvalue weighted by molar-refractivity contribution is -0.147. The number of carbonyl (C=O) groups is 3. The molecule has 0 saturated heterocycles. The van der Waals surface area contributed by atoms with Crippen molar-refractivity contribution in [3.8, 4) is 17.2 Å². The summed E-state index contributed by atoms with van der Waals surface area (Å²) >= 11 is 0. The molecule has 0 heterocycles. The number of hydrogen-bond donors (Lipinski definition) is 0. The highest BCUT2D eigenvalue weighted by Gasteiger charge is 2.23. The summed E-state index contributed by atoms with van der Waals surface area (Å²) in [5.41, 5.74) is -0.552. The summed E-state index contributed by atoms with van der Waals surface area (Å²) in [6, 6.07) is 4.49. The molecule has 8 nitrogen and oxygen atoms in total. The molecular weight excluding hydrogens is 332 g/mol. The van der Waals surface area contributed by atoms with Crippen LogP contribution in [-0.4, -0.2) is 45.3 Å². The van der Waals surface area contributed by atoms with Crippen LogP contribution in [0, 0.1) is 0 Å². The highest BCUT2D eigenvalue weighted by molar-refractivity contribution is 6.17. The third-order valence-corrected chi connectivity index (χ3v) is 2.80. The third kappa shape index (κ3) is 6.17. The van der Waals surface area contributed by atoms with Gasteiger partial charge in [0.1, 0.15) is 17.2 Å². The first kappa shape index (κ1) is 20.0. The Morgan fingerprint density at radius 3 is 1.68 bits per heavy atom. The van der Waals surface area contributed by atoms with Gasteiger partial charge in [-0.05, 0) is 13.8 Å². The van der Waals surface area contributed by atoms with Crippen molar-refractivity contribution in [2.24, 2.45) is 0 Å². The fourth-order valence-corrected chi connectivity index (χ4v) is 1.72. The van der Waals surface area contributed by atoms with Gasteiger partial charge in [0.05, 0.1) is 27.4 Å². The van der Waals surface area contributed by atoms with Gasteiger partial charge in [0.15, 0.2) is 5.57 Å². The molecule has 0 aromatic heterocycles. The molecule has 0 aliphatic rings. The molecule has 0 aliphatic heterocycles. The van der Waals surface area contributed by atoms with Gasteiger partial charge in [-0.3, -0.25) is 0 Å². The zero-order valence-electron chi connectivity index (χ0n) is 14.5. The van der Waals surface area contributed by atoms with E-state index >= 15 is 0 Å². The second kappa shape index (κ2) is 9.96. The van der Waals surface area contributed by atoms with Crippen LogP contribution in [0.3, 0.4) is 0 Å². The van der Waals surface area contributed by atoms with Gasteiger partial charge in [-0.15, -0.1) is 0 Å². The molecule has 0 amide bonds. The second-order valence-electron chi connectivity index (χ2n) is 4.47. The Hall–Kier alpha value is -3.03. The zero-order chi connectivity index (χ0) is 18.8. The molecule has 0 unspecified atom stereocenters. The van der Waals surface area contributed by atoms with E-state index in [4.69, 9.17) is 23.7 Å². The standard InChI is InChI=1S/C17H20O8/c1-5-23-16(19)14(17(20)24-6-2)10-15(18)25-13-8-11(21-3)7-12(9-13)22-4/h7-10H,5-6H2,1-4H3. The van der Waals surface area contributed by atoms with Crippen molar-refractivity contribution < 1.29 is 38.1 Å². The Balaban J connectivity index is 3.04. The average molecular weight is 352 g/mol. The zero-order valence-corrected chi connectivity index (χ0v) is 14.5. The monoisotopic (exact) mass is 352 g/mol. The van der Waals surface area contributed by atoms with Crippen molar-refractivity contribution in [2.45, 2.75) is 13.8 Å². The number of rotatable bonds is 8. The van der Waals surface area contributed by atoms with E-state index < -0.39 is 23.5 Å². The van der Waals surface area contributed by atoms with Crippen molar-refractivity contribution in [3.63, 3.8) is 0 Å². The molecule has 0 N–H and O–H groups in total. The van der Waals surface area contributed by atoms with E-state index in [1.807, 2.05) is 0 Å². The molecule has 0 spiro atoms. The molecule has 1 rings (SSSR count). The molecule has 0 bridgehead atoms. The van der Waals surface area contributed by atoms with Crippen molar-refractivity contribution in [2.75, 3.05) is 27.4 Å². The van der Waals surface area contributed by atoms with Crippen molar-refractivity contribution in [3.05, 3.63) is 29.8 Å². The van der Waals surface area contributed by atoms with Gasteiger partial charge in [0, 0.05) is 24.3 Å². The van der Waals surface area contributed by atoms with Crippen LogP contribution >= 0.6 is 0 Å². The molecule has 8 heteroatoms. The summed E-state index contributed by atoms with van der Waals surface area (Å²) in [5, 5.41) is 0. The van der Waals surface area contributed by atoms with Gasteiger partial charge in [-0.25, -0.2) is 14.4 Å². The number of carbonyl (C=O) groups excluding carboxylic acids is 3. The van der Waals surface area contributed by atoms with Gasteiger partial charge in [0.25, 0.3) is 0 Å². The van der Waals surface area contributed by atoms with Crippen molar-refractivity contribution >= 4 is 17.9 Å². The minimum Gasteiger partial charge on any atom is -0.496 e. The number of ether oxygens (including phenoxy) is 5. The highest BCUT2D eigenvalue weighted by Crippen LogP contribution is 2.27. The van der Waals surface area contributed by atoms with E-state index in [1.54, 1.807) is 19.9 Å². The van der Waals surface area contributed by atoms with Crippen LogP contribution < -0.4 is 14.2 Å². The number of benzene rings is 1. The molecule has 25 heavy (non-hydrogen) atoms. The number of esters is 3. The SMILES string of the molecule is CCOC(=O)C(=CC(=O)Oc1cc(OC)cc(OC)c1)C(=O)OCC. The number of hydrogen-bond acceptors (Lipinski definition) is 8. The topological polar surface area (TPSA) is 97.4 Å². The minimum atomic E-state index is -0.971. The summed E-state index contributed by atoms with van der Waals surface area (Å²) < 4.78 is 24.7. The Morgan fingerprint density at radius 1 is 0.840 bits per heavy atom. The van der Waals surface area contributed by atoms with Gasteiger partial charge in [-0.2, -0.15) is 0 Å². The lowest BCUT2D eigenvalue weighted by Crippen LogP contribution is -2.20. The van der Waals surface area contributed by atoms with E-state index in [-0.39, 0.29) is 19.0 Å². The molecule has 0 atom stereocenters. The lowest BCUT2D eigenvalue weighted by Gasteiger charge is -2.09. The molecular formula is C17H20O8. The molecule has 1 aromatic carbocycles. The second-order valence-corrected chi connectivity index (χ2v) is 4.47. The van der Waals surface area contributed by atoms with Gasteiger partial charge in [-0.1, -0.05) is 0 Å². The fraction of sp³-hybridized carbons (Fsp3) is 0.353. The molecule has 0 aliphatic carbocycles. The minimum absolute atomic E-state index is 0.0394. The Bertz CT molecular complexity index is 620. The summed E-state index contributed by atoms with van der Waals surface area (Å²) in [6.45, 7) is 3.22. The van der Waals surface area contributed by atoms with Crippen LogP contribution in [0.15, 0.2) is 29.8 Å². The smallest absolute Gasteiger partial charge is 0.345 e. The summed E-state index contributed by atoms with van der Waals surface area (Å²) in [6.07, 6.45) is 0.724. The Labute approximate surface area is 145 Å². The maximum Gasteiger partial charge on any atom is 0.345 e. The largest absolute Gasteiger partial charge is 0.496 e. The van der Waals surface area contributed by atoms with Gasteiger partial charge < -0.3 is 23.7 Å². The molecule has 0 radical (unpaired) electrons. The first-order valence-electron chi connectivity index (χ1n) is 7.45. The average Bonchev–Trinajstić information content (AvgIpc) is 2.59. The lowest BCUT2D eigenvalue weighted by atomic mass is 10.2. The van der Waals surface area contributed by atoms with Gasteiger partial charge >= 0.3 is 17.9 Å². The highest BCUT2D eigenvalue weighted by atomic mass is 16.6. The maximum absolute atomic E-state index is 12.0. The van der Waals surface area contributed by atoms with Gasteiger partial charge in [0.2, 0.25) is 0 Å². The van der Waals surface area contributed by atoms with Crippen molar-refractivity contribution in [1.29, 1.82) is 0 Å². The van der Waals surface area contributed by atoms with E-state index in [0.29, 0.717) is 11.5 Å². The first-order chi connectivity index (χ1) is 11.9. The summed E-state index contributed by atoms with van der Waals surface area (Å²) in [4.78, 5) is 35.7. The Kier molecular flexibility index (Phi) is 7.98. The predicted octanol–water partition coefficient (Wildman–Crippen LogP) is 1.66. The third-order valence-electron chi connectivity index (χ3n) is 2.80. The fourth-order valence-electron chi connectivity index (χ4n) is 1.72. The maximum atomic E-state index is 12.0. The van der Waals surface area contributed by atoms with Crippen LogP contribution in [0.4, 0.5) is 0 Å². The first-order valence-corrected chi connectivity index (χ1v) is 7.45. The summed E-state index contributed by atoms with van der Waals surface area (Å²) in [5.74, 6) is -1.97. The molecule has 136 valence electrons. The molecule has 0 saturated carbocycles. The molecule has 0 fully saturated rings. The van der Waals surface area contributed by atoms with E-state index in [1.165, 1.54) is 26.4 Å². The van der Waals surface area contributed by atoms with Crippen LogP contribution in [0.5, 0.6) is 17.2 Å². The van der Waals surface area contributed by atoms with Crippen LogP contribution in [0.2, 0.25) is 0 Å². The quantitative estimate of drug-likeness (QED) is 0.229. The van der Waals surface area contributed by atoms with Crippen LogP contribution in [0.25, 0.3) is 0 Å². The number of methoxy groups -OCH3 is 2. The predicted molar refractivity (Wildman–Crippen MR) is 86.5 cm³/mol. The van der Waals surface area contributed by atoms with Crippen LogP contribution in [-0.2, 0) is 23.9 Å². The van der Waals surface area contributed by atoms with E-state index in [9.17, 15) is 14.4 Å². The van der Waals surface area contributed by atoms with E-state index in [0.717, 1.165) is 6.08 Å². The molecule has 1 aromatic rings. The van der Waals surface area contributed by atoms with Crippen molar-refractivity contribution in [1.82, 2.24) is 0 Å². The normalized spacial score (nSPS) is 9.60. The summed E-state index contributed by atoms with van der Waals surface area (Å²) in [7, 11) is 2.89. The van der Waals surface area contributed by atoms with Crippen LogP contribution in [0.1, 0.15) is 13.8 Å².